The van der Waals surface area contributed by atoms with Crippen LogP contribution in [0, 0.1) is 0 Å². The summed E-state index contributed by atoms with van der Waals surface area (Å²) in [6, 6.07) is 0. The van der Waals surface area contributed by atoms with E-state index in [4.69, 9.17) is 5.11 Å². The van der Waals surface area contributed by atoms with E-state index in [0.717, 1.165) is 11.4 Å². The maximum atomic E-state index is 11.9. The van der Waals surface area contributed by atoms with Gasteiger partial charge < -0.3 is 14.9 Å². The van der Waals surface area contributed by atoms with Crippen molar-refractivity contribution in [1.82, 2.24) is 14.9 Å². The van der Waals surface area contributed by atoms with E-state index < -0.39 is 6.09 Å². The number of nitrogens with zero attached hydrogens (tertiary/aromatic N) is 4. The summed E-state index contributed by atoms with van der Waals surface area (Å²) < 4.78 is 0. The lowest BCUT2D eigenvalue weighted by atomic mass is 10.1. The van der Waals surface area contributed by atoms with Gasteiger partial charge in [-0.3, -0.25) is 4.79 Å². The Morgan fingerprint density at radius 2 is 2.00 bits per heavy atom. The number of anilines is 1. The summed E-state index contributed by atoms with van der Waals surface area (Å²) >= 11 is 0. The van der Waals surface area contributed by atoms with Crippen LogP contribution in [0.25, 0.3) is 0 Å². The molecule has 106 valence electrons. The molecule has 1 amide bonds. The molecule has 1 saturated heterocycles. The van der Waals surface area contributed by atoms with Gasteiger partial charge >= 0.3 is 6.09 Å². The minimum absolute atomic E-state index is 0.0697. The Morgan fingerprint density at radius 1 is 1.30 bits per heavy atom. The van der Waals surface area contributed by atoms with Gasteiger partial charge in [0.1, 0.15) is 17.8 Å². The van der Waals surface area contributed by atoms with E-state index in [1.54, 1.807) is 0 Å². The van der Waals surface area contributed by atoms with E-state index in [1.165, 1.54) is 11.2 Å². The van der Waals surface area contributed by atoms with Crippen molar-refractivity contribution in [3.05, 3.63) is 17.6 Å². The molecule has 0 bridgehead atoms. The average Bonchev–Trinajstić information content (AvgIpc) is 2.74. The van der Waals surface area contributed by atoms with Crippen LogP contribution in [0.3, 0.4) is 0 Å². The molecule has 1 aromatic heterocycles. The number of carboxylic acid groups (broad SMARTS) is 1. The maximum absolute atomic E-state index is 11.9. The van der Waals surface area contributed by atoms with E-state index in [9.17, 15) is 9.59 Å². The number of carbonyl (C=O) groups is 2. The molecule has 2 aliphatic rings. The zero-order valence-corrected chi connectivity index (χ0v) is 11.2. The molecule has 0 aromatic carbocycles. The summed E-state index contributed by atoms with van der Waals surface area (Å²) in [7, 11) is 0. The zero-order valence-electron chi connectivity index (χ0n) is 11.2. The number of Topliss-reactive ketones (excluding diaryl/α,β-unsaturated/α-hetero) is 1. The van der Waals surface area contributed by atoms with Crippen LogP contribution in [0.15, 0.2) is 6.33 Å². The zero-order chi connectivity index (χ0) is 14.3. The van der Waals surface area contributed by atoms with Crippen LogP contribution in [-0.4, -0.2) is 58.0 Å². The highest BCUT2D eigenvalue weighted by molar-refractivity contribution is 6.00. The molecule has 1 atom stereocenters. The van der Waals surface area contributed by atoms with Crippen LogP contribution < -0.4 is 4.90 Å². The number of hydrogen-bond donors (Lipinski definition) is 1. The Bertz CT molecular complexity index is 567. The lowest BCUT2D eigenvalue weighted by Crippen LogP contribution is -2.48. The number of amides is 1. The number of ketones is 1. The summed E-state index contributed by atoms with van der Waals surface area (Å²) in [5, 5.41) is 8.96. The second kappa shape index (κ2) is 4.73. The van der Waals surface area contributed by atoms with Gasteiger partial charge in [0, 0.05) is 38.2 Å². The molecule has 1 fully saturated rings. The molecule has 2 heterocycles. The fraction of sp³-hybridized carbons (Fsp3) is 0.538. The molecule has 7 heteroatoms. The van der Waals surface area contributed by atoms with Gasteiger partial charge in [0.25, 0.3) is 0 Å². The van der Waals surface area contributed by atoms with Crippen LogP contribution in [-0.2, 0) is 0 Å². The molecule has 3 rings (SSSR count). The Balaban J connectivity index is 1.86. The molecular formula is C13H16N4O3. The van der Waals surface area contributed by atoms with Gasteiger partial charge in [-0.05, 0) is 5.92 Å². The first-order valence-electron chi connectivity index (χ1n) is 6.69. The molecule has 0 spiro atoms. The fourth-order valence-corrected chi connectivity index (χ4v) is 2.90. The first-order valence-corrected chi connectivity index (χ1v) is 6.69. The summed E-state index contributed by atoms with van der Waals surface area (Å²) in [6.07, 6.45) is 1.02. The lowest BCUT2D eigenvalue weighted by molar-refractivity contribution is 0.0986. The van der Waals surface area contributed by atoms with E-state index in [2.05, 4.69) is 14.9 Å². The molecule has 0 radical (unpaired) electrons. The monoisotopic (exact) mass is 276 g/mol. The first kappa shape index (κ1) is 12.8. The van der Waals surface area contributed by atoms with Crippen molar-refractivity contribution in [2.75, 3.05) is 31.1 Å². The summed E-state index contributed by atoms with van der Waals surface area (Å²) in [6.45, 7) is 4.10. The third-order valence-corrected chi connectivity index (χ3v) is 3.96. The van der Waals surface area contributed by atoms with Crippen molar-refractivity contribution in [1.29, 1.82) is 0 Å². The van der Waals surface area contributed by atoms with E-state index in [1.807, 2.05) is 6.92 Å². The Morgan fingerprint density at radius 3 is 2.65 bits per heavy atom. The molecule has 1 aliphatic carbocycles. The van der Waals surface area contributed by atoms with Crippen LogP contribution in [0.5, 0.6) is 0 Å². The van der Waals surface area contributed by atoms with Gasteiger partial charge in [-0.2, -0.15) is 0 Å². The van der Waals surface area contributed by atoms with Crippen molar-refractivity contribution in [3.8, 4) is 0 Å². The predicted octanol–water partition coefficient (Wildman–Crippen LogP) is 0.967. The van der Waals surface area contributed by atoms with Crippen LogP contribution >= 0.6 is 0 Å². The largest absolute Gasteiger partial charge is 0.465 e. The number of carbonyl (C=O) groups excluding carboxylic acids is 1. The minimum atomic E-state index is -0.888. The molecule has 0 saturated carbocycles. The third-order valence-electron chi connectivity index (χ3n) is 3.96. The Labute approximate surface area is 116 Å². The second-order valence-corrected chi connectivity index (χ2v) is 5.24. The van der Waals surface area contributed by atoms with E-state index in [-0.39, 0.29) is 11.7 Å². The summed E-state index contributed by atoms with van der Waals surface area (Å²) in [4.78, 5) is 34.6. The maximum Gasteiger partial charge on any atom is 0.407 e. The van der Waals surface area contributed by atoms with Gasteiger partial charge in [0.2, 0.25) is 0 Å². The predicted molar refractivity (Wildman–Crippen MR) is 71.2 cm³/mol. The smallest absolute Gasteiger partial charge is 0.407 e. The highest BCUT2D eigenvalue weighted by Gasteiger charge is 2.33. The van der Waals surface area contributed by atoms with Crippen LogP contribution in [0.1, 0.15) is 35.3 Å². The molecule has 1 N–H and O–H groups in total. The minimum Gasteiger partial charge on any atom is -0.465 e. The lowest BCUT2D eigenvalue weighted by Gasteiger charge is -2.34. The highest BCUT2D eigenvalue weighted by atomic mass is 16.4. The van der Waals surface area contributed by atoms with Crippen molar-refractivity contribution >= 4 is 17.7 Å². The Hall–Kier alpha value is -2.18. The molecule has 1 aliphatic heterocycles. The number of hydrogen-bond acceptors (Lipinski definition) is 5. The molecule has 0 unspecified atom stereocenters. The number of fused-ring (bicyclic) bond motifs is 1. The topological polar surface area (TPSA) is 86.6 Å². The summed E-state index contributed by atoms with van der Waals surface area (Å²) in [5.41, 5.74) is 1.45. The van der Waals surface area contributed by atoms with Crippen LogP contribution in [0.4, 0.5) is 10.6 Å². The van der Waals surface area contributed by atoms with E-state index >= 15 is 0 Å². The number of aromatic nitrogens is 2. The van der Waals surface area contributed by atoms with Gasteiger partial charge in [-0.1, -0.05) is 6.92 Å². The Kier molecular flexibility index (Phi) is 3.04. The van der Waals surface area contributed by atoms with Crippen molar-refractivity contribution in [2.24, 2.45) is 0 Å². The average molecular weight is 276 g/mol. The van der Waals surface area contributed by atoms with Crippen molar-refractivity contribution in [3.63, 3.8) is 0 Å². The standard InChI is InChI=1S/C13H16N4O3/c1-8-6-9(18)11-10(8)12(15-7-14-11)16-2-4-17(5-3-16)13(19)20/h7-8H,2-6H2,1H3,(H,19,20)/t8-/m1/s1. The summed E-state index contributed by atoms with van der Waals surface area (Å²) in [5.74, 6) is 0.991. The molecular weight excluding hydrogens is 260 g/mol. The molecule has 20 heavy (non-hydrogen) atoms. The number of rotatable bonds is 1. The second-order valence-electron chi connectivity index (χ2n) is 5.24. The highest BCUT2D eigenvalue weighted by Crippen LogP contribution is 2.37. The van der Waals surface area contributed by atoms with Gasteiger partial charge in [0.15, 0.2) is 5.78 Å². The van der Waals surface area contributed by atoms with Crippen molar-refractivity contribution in [2.45, 2.75) is 19.3 Å². The van der Waals surface area contributed by atoms with Gasteiger partial charge in [-0.25, -0.2) is 14.8 Å². The molecule has 7 nitrogen and oxygen atoms in total. The normalized spacial score (nSPS) is 22.1. The SMILES string of the molecule is C[C@@H]1CC(=O)c2ncnc(N3CCN(C(=O)O)CC3)c21. The van der Waals surface area contributed by atoms with Crippen molar-refractivity contribution < 1.29 is 14.7 Å². The van der Waals surface area contributed by atoms with Gasteiger partial charge in [-0.15, -0.1) is 0 Å². The third kappa shape index (κ3) is 1.99. The number of piperazine rings is 1. The van der Waals surface area contributed by atoms with Crippen LogP contribution in [0.2, 0.25) is 0 Å². The fourth-order valence-electron chi connectivity index (χ4n) is 2.90. The van der Waals surface area contributed by atoms with E-state index in [0.29, 0.717) is 38.3 Å². The van der Waals surface area contributed by atoms with Gasteiger partial charge in [0.05, 0.1) is 0 Å². The molecule has 1 aromatic rings. The first-order chi connectivity index (χ1) is 9.58. The quantitative estimate of drug-likeness (QED) is 0.822.